The van der Waals surface area contributed by atoms with Gasteiger partial charge in [-0.25, -0.2) is 0 Å². The lowest BCUT2D eigenvalue weighted by atomic mass is 9.86. The average Bonchev–Trinajstić information content (AvgIpc) is 3.10. The second-order valence-corrected chi connectivity index (χ2v) is 9.18. The van der Waals surface area contributed by atoms with Crippen molar-refractivity contribution in [1.82, 2.24) is 4.90 Å². The lowest BCUT2D eigenvalue weighted by molar-refractivity contribution is -0.111. The van der Waals surface area contributed by atoms with Crippen LogP contribution in [-0.4, -0.2) is 44.0 Å². The van der Waals surface area contributed by atoms with E-state index in [2.05, 4.69) is 70.7 Å². The van der Waals surface area contributed by atoms with Crippen LogP contribution >= 0.6 is 0 Å². The quantitative estimate of drug-likeness (QED) is 0.745. The minimum Gasteiger partial charge on any atom is -0.363 e. The number of aldehydes is 1. The number of rotatable bonds is 6. The van der Waals surface area contributed by atoms with Gasteiger partial charge in [0, 0.05) is 24.9 Å². The molecular weight excluding hydrogens is 358 g/mol. The monoisotopic (exact) mass is 391 g/mol. The second kappa shape index (κ2) is 8.19. The normalized spacial score (nSPS) is 20.4. The van der Waals surface area contributed by atoms with Gasteiger partial charge in [-0.15, -0.1) is 0 Å². The van der Waals surface area contributed by atoms with Gasteiger partial charge in [0.1, 0.15) is 12.5 Å². The predicted octanol–water partition coefficient (Wildman–Crippen LogP) is 4.31. The summed E-state index contributed by atoms with van der Waals surface area (Å²) in [5.41, 5.74) is 4.63. The van der Waals surface area contributed by atoms with E-state index in [1.807, 2.05) is 13.8 Å². The number of carbonyl (C=O) groups excluding carboxylic acids is 1. The Hall–Kier alpha value is -2.33. The number of nitrogens with zero attached hydrogens (tertiary/aromatic N) is 2. The van der Waals surface area contributed by atoms with E-state index >= 15 is 0 Å². The molecule has 4 rings (SSSR count). The first-order valence-electron chi connectivity index (χ1n) is 10.8. The maximum absolute atomic E-state index is 11.2. The maximum atomic E-state index is 11.2. The first-order valence-corrected chi connectivity index (χ1v) is 10.8. The molecule has 1 N–H and O–H groups in total. The maximum Gasteiger partial charge on any atom is 0.129 e. The summed E-state index contributed by atoms with van der Waals surface area (Å²) >= 11 is 0. The van der Waals surface area contributed by atoms with Crippen LogP contribution in [0.15, 0.2) is 48.5 Å². The zero-order valence-corrected chi connectivity index (χ0v) is 17.9. The molecule has 2 aromatic carbocycles. The molecular formula is C25H33N3O. The van der Waals surface area contributed by atoms with Crippen molar-refractivity contribution < 1.29 is 4.79 Å². The van der Waals surface area contributed by atoms with Crippen molar-refractivity contribution in [2.45, 2.75) is 44.7 Å². The summed E-state index contributed by atoms with van der Waals surface area (Å²) in [5, 5.41) is 3.73. The third-order valence-electron chi connectivity index (χ3n) is 6.79. The molecule has 154 valence electrons. The van der Waals surface area contributed by atoms with Gasteiger partial charge in [-0.05, 0) is 69.5 Å². The van der Waals surface area contributed by atoms with Gasteiger partial charge < -0.3 is 19.9 Å². The van der Waals surface area contributed by atoms with Crippen LogP contribution in [0, 0.1) is 5.92 Å². The second-order valence-electron chi connectivity index (χ2n) is 9.18. The number of piperidine rings is 1. The summed E-state index contributed by atoms with van der Waals surface area (Å²) in [6.07, 6.45) is 4.99. The largest absolute Gasteiger partial charge is 0.363 e. The van der Waals surface area contributed by atoms with Gasteiger partial charge in [0.15, 0.2) is 0 Å². The van der Waals surface area contributed by atoms with Crippen LogP contribution in [-0.2, 0) is 16.6 Å². The highest BCUT2D eigenvalue weighted by Crippen LogP contribution is 2.37. The van der Waals surface area contributed by atoms with Crippen LogP contribution in [0.2, 0.25) is 0 Å². The number of fused-ring (bicyclic) bond motifs is 1. The van der Waals surface area contributed by atoms with E-state index in [4.69, 9.17) is 0 Å². The minimum atomic E-state index is -0.401. The third-order valence-corrected chi connectivity index (χ3v) is 6.79. The fourth-order valence-electron chi connectivity index (χ4n) is 4.69. The zero-order valence-electron chi connectivity index (χ0n) is 17.9. The van der Waals surface area contributed by atoms with Crippen LogP contribution < -0.4 is 10.2 Å². The standard InChI is InChI=1S/C25H33N3O/c1-25(2,18-29)21-10-8-19(9-11-21)12-15-28-16-13-20(14-17-28)24-26-22-6-4-5-7-23(22)27(24)3/h4-11,18,20,24,26H,12-17H2,1-3H3. The number of para-hydroxylation sites is 2. The number of hydrogen-bond donors (Lipinski definition) is 1. The van der Waals surface area contributed by atoms with Crippen LogP contribution in [0.5, 0.6) is 0 Å². The van der Waals surface area contributed by atoms with Gasteiger partial charge in [0.05, 0.1) is 11.4 Å². The molecule has 2 aliphatic rings. The molecule has 2 heterocycles. The van der Waals surface area contributed by atoms with Crippen LogP contribution in [0.3, 0.4) is 0 Å². The molecule has 0 spiro atoms. The van der Waals surface area contributed by atoms with Crippen molar-refractivity contribution in [3.05, 3.63) is 59.7 Å². The Labute approximate surface area is 174 Å². The van der Waals surface area contributed by atoms with E-state index in [1.165, 1.54) is 42.9 Å². The molecule has 1 unspecified atom stereocenters. The summed E-state index contributed by atoms with van der Waals surface area (Å²) in [4.78, 5) is 16.3. The molecule has 0 saturated carbocycles. The molecule has 0 radical (unpaired) electrons. The van der Waals surface area contributed by atoms with E-state index in [0.29, 0.717) is 12.1 Å². The number of benzene rings is 2. The van der Waals surface area contributed by atoms with Gasteiger partial charge in [-0.3, -0.25) is 0 Å². The Kier molecular flexibility index (Phi) is 5.64. The number of hydrogen-bond acceptors (Lipinski definition) is 4. The fourth-order valence-corrected chi connectivity index (χ4v) is 4.69. The zero-order chi connectivity index (χ0) is 20.4. The predicted molar refractivity (Wildman–Crippen MR) is 121 cm³/mol. The Bertz CT molecular complexity index is 837. The molecule has 4 nitrogen and oxygen atoms in total. The van der Waals surface area contributed by atoms with Crippen molar-refractivity contribution in [3.63, 3.8) is 0 Å². The van der Waals surface area contributed by atoms with Crippen molar-refractivity contribution in [2.24, 2.45) is 5.92 Å². The Morgan fingerprint density at radius 1 is 1.07 bits per heavy atom. The lowest BCUT2D eigenvalue weighted by Crippen LogP contribution is -2.45. The van der Waals surface area contributed by atoms with E-state index in [9.17, 15) is 4.79 Å². The smallest absolute Gasteiger partial charge is 0.129 e. The SMILES string of the molecule is CN1c2ccccc2NC1C1CCN(CCc2ccc(C(C)(C)C=O)cc2)CC1. The van der Waals surface area contributed by atoms with Gasteiger partial charge in [0.2, 0.25) is 0 Å². The lowest BCUT2D eigenvalue weighted by Gasteiger charge is -2.37. The number of anilines is 2. The van der Waals surface area contributed by atoms with Crippen LogP contribution in [0.4, 0.5) is 11.4 Å². The number of nitrogens with one attached hydrogen (secondary N) is 1. The minimum absolute atomic E-state index is 0.401. The summed E-state index contributed by atoms with van der Waals surface area (Å²) in [6.45, 7) is 7.38. The first kappa shape index (κ1) is 20.0. The highest BCUT2D eigenvalue weighted by Gasteiger charge is 2.34. The van der Waals surface area contributed by atoms with Crippen molar-refractivity contribution in [2.75, 3.05) is 36.9 Å². The van der Waals surface area contributed by atoms with Gasteiger partial charge in [0.25, 0.3) is 0 Å². The average molecular weight is 392 g/mol. The van der Waals surface area contributed by atoms with E-state index in [-0.39, 0.29) is 0 Å². The number of likely N-dealkylation sites (tertiary alicyclic amines) is 1. The topological polar surface area (TPSA) is 35.6 Å². The first-order chi connectivity index (χ1) is 14.0. The number of carbonyl (C=O) groups is 1. The molecule has 2 aliphatic heterocycles. The molecule has 0 aliphatic carbocycles. The van der Waals surface area contributed by atoms with Crippen molar-refractivity contribution in [1.29, 1.82) is 0 Å². The molecule has 29 heavy (non-hydrogen) atoms. The molecule has 0 amide bonds. The summed E-state index contributed by atoms with van der Waals surface area (Å²) in [5.74, 6) is 0.688. The van der Waals surface area contributed by atoms with Crippen LogP contribution in [0.25, 0.3) is 0 Å². The van der Waals surface area contributed by atoms with E-state index in [1.54, 1.807) is 0 Å². The van der Waals surface area contributed by atoms with E-state index < -0.39 is 5.41 Å². The van der Waals surface area contributed by atoms with Gasteiger partial charge >= 0.3 is 0 Å². The third kappa shape index (κ3) is 4.18. The van der Waals surface area contributed by atoms with Crippen molar-refractivity contribution in [3.8, 4) is 0 Å². The molecule has 1 saturated heterocycles. The highest BCUT2D eigenvalue weighted by atomic mass is 16.1. The Morgan fingerprint density at radius 2 is 1.76 bits per heavy atom. The van der Waals surface area contributed by atoms with Gasteiger partial charge in [-0.1, -0.05) is 36.4 Å². The Morgan fingerprint density at radius 3 is 2.41 bits per heavy atom. The molecule has 0 aromatic heterocycles. The van der Waals surface area contributed by atoms with E-state index in [0.717, 1.165) is 24.8 Å². The molecule has 1 atom stereocenters. The summed E-state index contributed by atoms with van der Waals surface area (Å²) < 4.78 is 0. The van der Waals surface area contributed by atoms with Crippen molar-refractivity contribution >= 4 is 17.7 Å². The molecule has 1 fully saturated rings. The van der Waals surface area contributed by atoms with Gasteiger partial charge in [-0.2, -0.15) is 0 Å². The van der Waals surface area contributed by atoms with Crippen LogP contribution in [0.1, 0.15) is 37.8 Å². The molecule has 4 heteroatoms. The fraction of sp³-hybridized carbons (Fsp3) is 0.480. The Balaban J connectivity index is 1.26. The summed E-state index contributed by atoms with van der Waals surface area (Å²) in [7, 11) is 2.21. The highest BCUT2D eigenvalue weighted by molar-refractivity contribution is 5.75. The molecule has 2 aromatic rings. The summed E-state index contributed by atoms with van der Waals surface area (Å²) in [6, 6.07) is 17.2. The molecule has 0 bridgehead atoms.